The topological polar surface area (TPSA) is 62.8 Å². The zero-order valence-corrected chi connectivity index (χ0v) is 17.4. The molecular formula is C22H40N2O3. The minimum atomic E-state index is 0.294. The third-order valence-corrected chi connectivity index (χ3v) is 4.38. The summed E-state index contributed by atoms with van der Waals surface area (Å²) in [6.45, 7) is 9.42. The van der Waals surface area contributed by atoms with Crippen molar-refractivity contribution in [3.8, 4) is 5.75 Å². The SMILES string of the molecule is CCCCOCCCCNc1cccc(O)c1NCCCCOCCCC. The molecule has 0 saturated carbocycles. The zero-order valence-electron chi connectivity index (χ0n) is 17.4. The van der Waals surface area contributed by atoms with E-state index >= 15 is 0 Å². The van der Waals surface area contributed by atoms with Gasteiger partial charge in [0, 0.05) is 39.5 Å². The van der Waals surface area contributed by atoms with Crippen LogP contribution in [0.1, 0.15) is 65.2 Å². The molecule has 1 aromatic carbocycles. The average molecular weight is 381 g/mol. The molecule has 0 heterocycles. The molecule has 0 aliphatic heterocycles. The molecule has 156 valence electrons. The largest absolute Gasteiger partial charge is 0.506 e. The average Bonchev–Trinajstić information content (AvgIpc) is 2.67. The van der Waals surface area contributed by atoms with Crippen LogP contribution in [0.25, 0.3) is 0 Å². The molecule has 0 aliphatic carbocycles. The number of anilines is 2. The Bertz CT molecular complexity index is 469. The van der Waals surface area contributed by atoms with Crippen molar-refractivity contribution in [2.45, 2.75) is 65.2 Å². The summed E-state index contributed by atoms with van der Waals surface area (Å²) >= 11 is 0. The number of hydrogen-bond acceptors (Lipinski definition) is 5. The van der Waals surface area contributed by atoms with Crippen molar-refractivity contribution in [2.75, 3.05) is 50.2 Å². The summed E-state index contributed by atoms with van der Waals surface area (Å²) in [6, 6.07) is 5.61. The zero-order chi connectivity index (χ0) is 19.6. The Labute approximate surface area is 165 Å². The molecule has 0 radical (unpaired) electrons. The normalized spacial score (nSPS) is 10.9. The highest BCUT2D eigenvalue weighted by Crippen LogP contribution is 2.31. The summed E-state index contributed by atoms with van der Waals surface area (Å²) < 4.78 is 11.2. The summed E-state index contributed by atoms with van der Waals surface area (Å²) in [5, 5.41) is 17.0. The monoisotopic (exact) mass is 380 g/mol. The third-order valence-electron chi connectivity index (χ3n) is 4.38. The molecule has 0 amide bonds. The van der Waals surface area contributed by atoms with Gasteiger partial charge in [0.2, 0.25) is 0 Å². The van der Waals surface area contributed by atoms with Crippen LogP contribution in [0.3, 0.4) is 0 Å². The number of phenolic OH excluding ortho intramolecular Hbond substituents is 1. The van der Waals surface area contributed by atoms with Crippen LogP contribution in [0.15, 0.2) is 18.2 Å². The van der Waals surface area contributed by atoms with Crippen LogP contribution >= 0.6 is 0 Å². The second-order valence-corrected chi connectivity index (χ2v) is 6.90. The van der Waals surface area contributed by atoms with E-state index in [-0.39, 0.29) is 0 Å². The highest BCUT2D eigenvalue weighted by Gasteiger charge is 2.06. The Morgan fingerprint density at radius 1 is 0.741 bits per heavy atom. The van der Waals surface area contributed by atoms with Crippen LogP contribution in [0.5, 0.6) is 5.75 Å². The predicted molar refractivity (Wildman–Crippen MR) is 115 cm³/mol. The van der Waals surface area contributed by atoms with Gasteiger partial charge in [0.1, 0.15) is 11.4 Å². The van der Waals surface area contributed by atoms with Crippen molar-refractivity contribution >= 4 is 11.4 Å². The molecule has 0 aliphatic rings. The molecule has 1 aromatic rings. The van der Waals surface area contributed by atoms with E-state index in [1.54, 1.807) is 6.07 Å². The Kier molecular flexibility index (Phi) is 14.6. The minimum absolute atomic E-state index is 0.294. The van der Waals surface area contributed by atoms with Crippen molar-refractivity contribution in [3.05, 3.63) is 18.2 Å². The van der Waals surface area contributed by atoms with Crippen LogP contribution in [0.4, 0.5) is 11.4 Å². The molecule has 27 heavy (non-hydrogen) atoms. The van der Waals surface area contributed by atoms with E-state index in [0.29, 0.717) is 5.75 Å². The summed E-state index contributed by atoms with van der Waals surface area (Å²) in [4.78, 5) is 0. The number of hydrogen-bond donors (Lipinski definition) is 3. The van der Waals surface area contributed by atoms with Crippen LogP contribution in [-0.2, 0) is 9.47 Å². The van der Waals surface area contributed by atoms with Gasteiger partial charge in [0.25, 0.3) is 0 Å². The van der Waals surface area contributed by atoms with Gasteiger partial charge in [-0.2, -0.15) is 0 Å². The van der Waals surface area contributed by atoms with E-state index in [9.17, 15) is 5.11 Å². The van der Waals surface area contributed by atoms with Crippen molar-refractivity contribution in [1.82, 2.24) is 0 Å². The number of unbranched alkanes of at least 4 members (excludes halogenated alkanes) is 4. The summed E-state index contributed by atoms with van der Waals surface area (Å²) in [6.07, 6.45) is 8.79. The Hall–Kier alpha value is -1.46. The maximum absolute atomic E-state index is 10.2. The fourth-order valence-electron chi connectivity index (χ4n) is 2.66. The van der Waals surface area contributed by atoms with Gasteiger partial charge in [-0.1, -0.05) is 32.8 Å². The molecule has 0 atom stereocenters. The maximum Gasteiger partial charge on any atom is 0.140 e. The number of nitrogens with one attached hydrogen (secondary N) is 2. The van der Waals surface area contributed by atoms with Crippen molar-refractivity contribution in [2.24, 2.45) is 0 Å². The first-order chi connectivity index (χ1) is 13.3. The molecule has 0 aromatic heterocycles. The molecule has 0 fully saturated rings. The number of phenols is 1. The number of benzene rings is 1. The van der Waals surface area contributed by atoms with E-state index in [1.165, 1.54) is 12.8 Å². The van der Waals surface area contributed by atoms with Crippen LogP contribution in [0, 0.1) is 0 Å². The van der Waals surface area contributed by atoms with Gasteiger partial charge in [-0.05, 0) is 50.7 Å². The van der Waals surface area contributed by atoms with Crippen LogP contribution < -0.4 is 10.6 Å². The number of para-hydroxylation sites is 1. The van der Waals surface area contributed by atoms with Crippen molar-refractivity contribution in [1.29, 1.82) is 0 Å². The highest BCUT2D eigenvalue weighted by molar-refractivity contribution is 5.75. The van der Waals surface area contributed by atoms with E-state index < -0.39 is 0 Å². The molecule has 5 nitrogen and oxygen atoms in total. The quantitative estimate of drug-likeness (QED) is 0.235. The first-order valence-electron chi connectivity index (χ1n) is 10.7. The summed E-state index contributed by atoms with van der Waals surface area (Å²) in [5.41, 5.74) is 1.75. The third kappa shape index (κ3) is 11.8. The van der Waals surface area contributed by atoms with Gasteiger partial charge >= 0.3 is 0 Å². The molecule has 0 spiro atoms. The van der Waals surface area contributed by atoms with Gasteiger partial charge < -0.3 is 25.2 Å². The van der Waals surface area contributed by atoms with Gasteiger partial charge in [-0.3, -0.25) is 0 Å². The summed E-state index contributed by atoms with van der Waals surface area (Å²) in [5.74, 6) is 0.294. The van der Waals surface area contributed by atoms with Crippen LogP contribution in [0.2, 0.25) is 0 Å². The Balaban J connectivity index is 2.21. The fraction of sp³-hybridized carbons (Fsp3) is 0.727. The lowest BCUT2D eigenvalue weighted by Gasteiger charge is -2.15. The predicted octanol–water partition coefficient (Wildman–Crippen LogP) is 5.41. The molecular weight excluding hydrogens is 340 g/mol. The number of aromatic hydroxyl groups is 1. The Morgan fingerprint density at radius 2 is 1.30 bits per heavy atom. The maximum atomic E-state index is 10.2. The van der Waals surface area contributed by atoms with E-state index in [4.69, 9.17) is 9.47 Å². The lowest BCUT2D eigenvalue weighted by atomic mass is 10.2. The van der Waals surface area contributed by atoms with Gasteiger partial charge in [0.15, 0.2) is 0 Å². The van der Waals surface area contributed by atoms with Crippen LogP contribution in [-0.4, -0.2) is 44.6 Å². The second kappa shape index (κ2) is 16.7. The van der Waals surface area contributed by atoms with Gasteiger partial charge in [0.05, 0.1) is 5.69 Å². The molecule has 0 bridgehead atoms. The highest BCUT2D eigenvalue weighted by atomic mass is 16.5. The minimum Gasteiger partial charge on any atom is -0.506 e. The van der Waals surface area contributed by atoms with Gasteiger partial charge in [-0.25, -0.2) is 0 Å². The van der Waals surface area contributed by atoms with E-state index in [2.05, 4.69) is 24.5 Å². The van der Waals surface area contributed by atoms with Crippen molar-refractivity contribution < 1.29 is 14.6 Å². The second-order valence-electron chi connectivity index (χ2n) is 6.90. The Morgan fingerprint density at radius 3 is 1.89 bits per heavy atom. The first-order valence-corrected chi connectivity index (χ1v) is 10.7. The van der Waals surface area contributed by atoms with E-state index in [1.807, 2.05) is 12.1 Å². The molecule has 3 N–H and O–H groups in total. The smallest absolute Gasteiger partial charge is 0.140 e. The van der Waals surface area contributed by atoms with E-state index in [0.717, 1.165) is 89.4 Å². The first kappa shape index (κ1) is 23.6. The molecule has 0 unspecified atom stereocenters. The lowest BCUT2D eigenvalue weighted by molar-refractivity contribution is 0.128. The van der Waals surface area contributed by atoms with Crippen molar-refractivity contribution in [3.63, 3.8) is 0 Å². The standard InChI is InChI=1S/C22H40N2O3/c1-3-5-16-26-18-9-7-14-23-20-12-11-13-21(25)22(20)24-15-8-10-19-27-17-6-4-2/h11-13,23-25H,3-10,14-19H2,1-2H3. The molecule has 0 saturated heterocycles. The number of rotatable bonds is 18. The fourth-order valence-corrected chi connectivity index (χ4v) is 2.66. The lowest BCUT2D eigenvalue weighted by Crippen LogP contribution is -2.09. The molecule has 5 heteroatoms. The number of ether oxygens (including phenoxy) is 2. The molecule has 1 rings (SSSR count). The van der Waals surface area contributed by atoms with Gasteiger partial charge in [-0.15, -0.1) is 0 Å². The summed E-state index contributed by atoms with van der Waals surface area (Å²) in [7, 11) is 0.